The van der Waals surface area contributed by atoms with Crippen LogP contribution >= 0.6 is 0 Å². The smallest absolute Gasteiger partial charge is 0.328 e. The molecule has 4 rings (SSSR count). The lowest BCUT2D eigenvalue weighted by atomic mass is 10.1. The second kappa shape index (κ2) is 9.02. The molecule has 1 unspecified atom stereocenters. The van der Waals surface area contributed by atoms with E-state index in [-0.39, 0.29) is 12.6 Å². The quantitative estimate of drug-likeness (QED) is 0.291. The number of carbonyl (C=O) groups is 1. The molecule has 0 aliphatic heterocycles. The molecule has 0 aliphatic carbocycles. The molecule has 4 aromatic rings. The van der Waals surface area contributed by atoms with Crippen LogP contribution in [0.1, 0.15) is 19.4 Å². The number of hydrogen-bond acceptors (Lipinski definition) is 6. The number of carbonyl (C=O) groups excluding carboxylic acids is 1. The zero-order valence-electron chi connectivity index (χ0n) is 17.6. The molecule has 31 heavy (non-hydrogen) atoms. The van der Waals surface area contributed by atoms with Crippen molar-refractivity contribution in [2.45, 2.75) is 26.5 Å². The van der Waals surface area contributed by atoms with Gasteiger partial charge in [0.05, 0.1) is 29.9 Å². The van der Waals surface area contributed by atoms with Crippen LogP contribution in [0, 0.1) is 0 Å². The van der Waals surface area contributed by atoms with Gasteiger partial charge in [0.1, 0.15) is 6.04 Å². The third-order valence-electron chi connectivity index (χ3n) is 5.06. The van der Waals surface area contributed by atoms with Gasteiger partial charge in [-0.15, -0.1) is 0 Å². The van der Waals surface area contributed by atoms with Crippen LogP contribution in [-0.2, 0) is 16.1 Å². The van der Waals surface area contributed by atoms with Crippen LogP contribution in [0.15, 0.2) is 66.7 Å². The molecule has 0 amide bonds. The summed E-state index contributed by atoms with van der Waals surface area (Å²) in [6.45, 7) is 3.75. The molecule has 1 aromatic heterocycles. The number of pyridine rings is 1. The molecule has 6 heteroatoms. The maximum absolute atomic E-state index is 12.0. The van der Waals surface area contributed by atoms with Gasteiger partial charge in [0.2, 0.25) is 0 Å². The highest BCUT2D eigenvalue weighted by molar-refractivity contribution is 6.08. The number of para-hydroxylation sites is 2. The Morgan fingerprint density at radius 2 is 1.61 bits per heavy atom. The van der Waals surface area contributed by atoms with Gasteiger partial charge in [-0.2, -0.15) is 0 Å². The minimum atomic E-state index is -0.510. The molecule has 0 spiro atoms. The fourth-order valence-electron chi connectivity index (χ4n) is 3.63. The Labute approximate surface area is 180 Å². The Morgan fingerprint density at radius 3 is 2.23 bits per heavy atom. The van der Waals surface area contributed by atoms with E-state index in [9.17, 15) is 9.90 Å². The van der Waals surface area contributed by atoms with Gasteiger partial charge >= 0.3 is 5.97 Å². The summed E-state index contributed by atoms with van der Waals surface area (Å²) in [7, 11) is 0. The van der Waals surface area contributed by atoms with Gasteiger partial charge in [-0.25, -0.2) is 9.78 Å². The summed E-state index contributed by atoms with van der Waals surface area (Å²) in [5, 5.41) is 18.5. The molecule has 3 aromatic carbocycles. The Morgan fingerprint density at radius 1 is 1.00 bits per heavy atom. The van der Waals surface area contributed by atoms with E-state index in [1.165, 1.54) is 0 Å². The predicted molar refractivity (Wildman–Crippen MR) is 125 cm³/mol. The van der Waals surface area contributed by atoms with E-state index in [0.29, 0.717) is 6.61 Å². The van der Waals surface area contributed by atoms with Crippen molar-refractivity contribution in [3.05, 3.63) is 72.3 Å². The minimum absolute atomic E-state index is 0.115. The van der Waals surface area contributed by atoms with Gasteiger partial charge in [0, 0.05) is 22.1 Å². The van der Waals surface area contributed by atoms with Gasteiger partial charge in [-0.1, -0.05) is 36.4 Å². The number of esters is 1. The number of fused-ring (bicyclic) bond motifs is 2. The summed E-state index contributed by atoms with van der Waals surface area (Å²) >= 11 is 0. The van der Waals surface area contributed by atoms with Crippen molar-refractivity contribution in [1.82, 2.24) is 4.98 Å². The van der Waals surface area contributed by atoms with E-state index < -0.39 is 6.04 Å². The molecular weight excluding hydrogens is 390 g/mol. The summed E-state index contributed by atoms with van der Waals surface area (Å²) in [5.41, 5.74) is 4.99. The molecule has 0 radical (unpaired) electrons. The van der Waals surface area contributed by atoms with E-state index >= 15 is 0 Å². The third-order valence-corrected chi connectivity index (χ3v) is 5.06. The molecule has 0 fully saturated rings. The normalized spacial score (nSPS) is 12.0. The van der Waals surface area contributed by atoms with E-state index in [1.54, 1.807) is 13.8 Å². The second-order valence-electron chi connectivity index (χ2n) is 7.34. The average Bonchev–Trinajstić information content (AvgIpc) is 2.79. The lowest BCUT2D eigenvalue weighted by molar-refractivity contribution is -0.143. The zero-order valence-corrected chi connectivity index (χ0v) is 17.6. The van der Waals surface area contributed by atoms with Crippen molar-refractivity contribution in [2.24, 2.45) is 0 Å². The van der Waals surface area contributed by atoms with Crippen molar-refractivity contribution in [3.8, 4) is 0 Å². The maximum atomic E-state index is 12.0. The third kappa shape index (κ3) is 4.44. The summed E-state index contributed by atoms with van der Waals surface area (Å²) in [6, 6.07) is 21.1. The molecule has 0 saturated heterocycles. The van der Waals surface area contributed by atoms with Crippen LogP contribution in [0.5, 0.6) is 0 Å². The van der Waals surface area contributed by atoms with E-state index in [0.717, 1.165) is 44.4 Å². The van der Waals surface area contributed by atoms with Gasteiger partial charge < -0.3 is 20.5 Å². The predicted octanol–water partition coefficient (Wildman–Crippen LogP) is 4.99. The van der Waals surface area contributed by atoms with E-state index in [2.05, 4.69) is 10.6 Å². The molecule has 158 valence electrons. The number of nitrogens with zero attached hydrogens (tertiary/aromatic N) is 1. The number of aliphatic hydroxyl groups is 1. The largest absolute Gasteiger partial charge is 0.464 e. The first-order valence-corrected chi connectivity index (χ1v) is 10.3. The van der Waals surface area contributed by atoms with Crippen LogP contribution in [0.3, 0.4) is 0 Å². The monoisotopic (exact) mass is 415 g/mol. The Hall–Kier alpha value is -3.64. The number of nitrogens with one attached hydrogen (secondary N) is 2. The molecule has 0 saturated carbocycles. The fourth-order valence-corrected chi connectivity index (χ4v) is 3.63. The second-order valence-corrected chi connectivity index (χ2v) is 7.34. The zero-order chi connectivity index (χ0) is 21.8. The molecular formula is C25H25N3O3. The van der Waals surface area contributed by atoms with Crippen LogP contribution < -0.4 is 10.6 Å². The maximum Gasteiger partial charge on any atom is 0.328 e. The van der Waals surface area contributed by atoms with Crippen LogP contribution in [0.2, 0.25) is 0 Å². The van der Waals surface area contributed by atoms with Crippen molar-refractivity contribution in [2.75, 3.05) is 17.2 Å². The summed E-state index contributed by atoms with van der Waals surface area (Å²) in [5.74, 6) is -0.322. The molecule has 6 nitrogen and oxygen atoms in total. The van der Waals surface area contributed by atoms with Crippen molar-refractivity contribution in [3.63, 3.8) is 0 Å². The summed E-state index contributed by atoms with van der Waals surface area (Å²) in [4.78, 5) is 16.8. The number of ether oxygens (including phenoxy) is 1. The first kappa shape index (κ1) is 20.6. The highest BCUT2D eigenvalue weighted by Crippen LogP contribution is 2.34. The van der Waals surface area contributed by atoms with E-state index in [4.69, 9.17) is 9.72 Å². The highest BCUT2D eigenvalue weighted by Gasteiger charge is 2.15. The first-order valence-electron chi connectivity index (χ1n) is 10.3. The number of anilines is 3. The van der Waals surface area contributed by atoms with Gasteiger partial charge in [0.25, 0.3) is 0 Å². The van der Waals surface area contributed by atoms with Gasteiger partial charge in [-0.05, 0) is 49.7 Å². The fraction of sp³-hybridized carbons (Fsp3) is 0.200. The lowest BCUT2D eigenvalue weighted by Gasteiger charge is -2.18. The summed E-state index contributed by atoms with van der Waals surface area (Å²) < 4.78 is 5.08. The number of aliphatic hydroxyl groups excluding tert-OH is 1. The van der Waals surface area contributed by atoms with Crippen LogP contribution in [0.4, 0.5) is 17.1 Å². The van der Waals surface area contributed by atoms with Crippen molar-refractivity contribution >= 4 is 44.8 Å². The Balaban J connectivity index is 1.75. The van der Waals surface area contributed by atoms with Gasteiger partial charge in [-0.3, -0.25) is 0 Å². The van der Waals surface area contributed by atoms with Crippen molar-refractivity contribution in [1.29, 1.82) is 0 Å². The number of aromatic nitrogens is 1. The van der Waals surface area contributed by atoms with Crippen LogP contribution in [0.25, 0.3) is 21.8 Å². The standard InChI is InChI=1S/C25H25N3O3/c1-3-31-25(30)16(2)26-18-12-17(15-29)13-19(14-18)27-24-20-8-4-6-10-22(20)28-23-11-7-5-9-21(23)24/h4-14,16,26,29H,3,15H2,1-2H3,(H,27,28). The Bertz CT molecular complexity index is 1190. The van der Waals surface area contributed by atoms with Gasteiger partial charge in [0.15, 0.2) is 0 Å². The molecule has 1 atom stereocenters. The number of hydrogen-bond donors (Lipinski definition) is 3. The number of benzene rings is 3. The molecule has 0 aliphatic rings. The van der Waals surface area contributed by atoms with Crippen LogP contribution in [-0.4, -0.2) is 28.7 Å². The molecule has 1 heterocycles. The lowest BCUT2D eigenvalue weighted by Crippen LogP contribution is -2.28. The van der Waals surface area contributed by atoms with E-state index in [1.807, 2.05) is 66.7 Å². The SMILES string of the molecule is CCOC(=O)C(C)Nc1cc(CO)cc(Nc2c3ccccc3nc3ccccc23)c1. The Kier molecular flexibility index (Phi) is 6.00. The molecule has 3 N–H and O–H groups in total. The minimum Gasteiger partial charge on any atom is -0.464 e. The molecule has 0 bridgehead atoms. The average molecular weight is 415 g/mol. The summed E-state index contributed by atoms with van der Waals surface area (Å²) in [6.07, 6.45) is 0. The number of rotatable bonds is 7. The topological polar surface area (TPSA) is 83.5 Å². The first-order chi connectivity index (χ1) is 15.1. The highest BCUT2D eigenvalue weighted by atomic mass is 16.5. The van der Waals surface area contributed by atoms with Crippen molar-refractivity contribution < 1.29 is 14.6 Å².